The molecule has 2 aromatic rings. The van der Waals surface area contributed by atoms with E-state index in [2.05, 4.69) is 0 Å². The molecule has 0 heterocycles. The lowest BCUT2D eigenvalue weighted by molar-refractivity contribution is -0.137. The molecule has 1 unspecified atom stereocenters. The van der Waals surface area contributed by atoms with Crippen LogP contribution in [0.2, 0.25) is 10.0 Å². The highest BCUT2D eigenvalue weighted by Crippen LogP contribution is 2.31. The third-order valence-corrected chi connectivity index (χ3v) is 3.59. The van der Waals surface area contributed by atoms with Crippen molar-refractivity contribution in [3.63, 3.8) is 0 Å². The van der Waals surface area contributed by atoms with Gasteiger partial charge in [0, 0.05) is 16.5 Å². The van der Waals surface area contributed by atoms with E-state index in [0.29, 0.717) is 21.2 Å². The van der Waals surface area contributed by atoms with E-state index >= 15 is 0 Å². The molecule has 0 saturated heterocycles. The number of aliphatic hydroxyl groups is 1. The minimum atomic E-state index is -4.36. The van der Waals surface area contributed by atoms with E-state index in [-0.39, 0.29) is 6.42 Å². The van der Waals surface area contributed by atoms with Gasteiger partial charge in [0.25, 0.3) is 0 Å². The maximum absolute atomic E-state index is 12.5. The molecule has 6 heteroatoms. The Labute approximate surface area is 129 Å². The molecule has 0 aliphatic heterocycles. The summed E-state index contributed by atoms with van der Waals surface area (Å²) in [6.07, 6.45) is -5.11. The van der Waals surface area contributed by atoms with E-state index in [1.165, 1.54) is 18.2 Å². The monoisotopic (exact) mass is 334 g/mol. The van der Waals surface area contributed by atoms with Gasteiger partial charge >= 0.3 is 6.18 Å². The lowest BCUT2D eigenvalue weighted by Crippen LogP contribution is -2.06. The molecule has 0 aliphatic rings. The van der Waals surface area contributed by atoms with Gasteiger partial charge in [0.1, 0.15) is 0 Å². The summed E-state index contributed by atoms with van der Waals surface area (Å²) in [5, 5.41) is 10.9. The van der Waals surface area contributed by atoms with E-state index in [4.69, 9.17) is 23.2 Å². The van der Waals surface area contributed by atoms with Crippen molar-refractivity contribution in [3.8, 4) is 0 Å². The first-order valence-corrected chi connectivity index (χ1v) is 6.82. The lowest BCUT2D eigenvalue weighted by atomic mass is 10.0. The van der Waals surface area contributed by atoms with Crippen molar-refractivity contribution >= 4 is 23.2 Å². The maximum atomic E-state index is 12.5. The molecule has 0 spiro atoms. The first-order chi connectivity index (χ1) is 9.77. The molecule has 0 saturated carbocycles. The van der Waals surface area contributed by atoms with Gasteiger partial charge in [-0.2, -0.15) is 13.2 Å². The number of aliphatic hydroxyl groups excluding tert-OH is 1. The van der Waals surface area contributed by atoms with Gasteiger partial charge in [0.2, 0.25) is 0 Å². The fourth-order valence-corrected chi connectivity index (χ4v) is 2.47. The molecule has 2 aromatic carbocycles. The zero-order valence-corrected chi connectivity index (χ0v) is 12.2. The minimum Gasteiger partial charge on any atom is -0.388 e. The third kappa shape index (κ3) is 4.13. The largest absolute Gasteiger partial charge is 0.416 e. The standard InChI is InChI=1S/C15H11Cl2F3O/c16-11-5-6-12(13(17)8-11)14(21)7-9-1-3-10(4-2-9)15(18,19)20/h1-6,8,14,21H,7H2. The maximum Gasteiger partial charge on any atom is 0.416 e. The number of rotatable bonds is 3. The van der Waals surface area contributed by atoms with Crippen molar-refractivity contribution < 1.29 is 18.3 Å². The Kier molecular flexibility index (Phi) is 4.81. The Hall–Kier alpha value is -1.23. The van der Waals surface area contributed by atoms with Gasteiger partial charge in [-0.25, -0.2) is 0 Å². The molecule has 1 nitrogen and oxygen atoms in total. The van der Waals surface area contributed by atoms with Crippen LogP contribution in [-0.2, 0) is 12.6 Å². The molecule has 0 radical (unpaired) electrons. The summed E-state index contributed by atoms with van der Waals surface area (Å²) in [7, 11) is 0. The molecular weight excluding hydrogens is 324 g/mol. The Bertz CT molecular complexity index is 624. The topological polar surface area (TPSA) is 20.2 Å². The van der Waals surface area contributed by atoms with Crippen LogP contribution >= 0.6 is 23.2 Å². The molecule has 1 N–H and O–H groups in total. The first-order valence-electron chi connectivity index (χ1n) is 6.06. The summed E-state index contributed by atoms with van der Waals surface area (Å²) >= 11 is 11.8. The fraction of sp³-hybridized carbons (Fsp3) is 0.200. The molecule has 0 amide bonds. The van der Waals surface area contributed by atoms with Gasteiger partial charge in [-0.1, -0.05) is 41.4 Å². The van der Waals surface area contributed by atoms with E-state index in [0.717, 1.165) is 12.1 Å². The van der Waals surface area contributed by atoms with Crippen molar-refractivity contribution in [1.82, 2.24) is 0 Å². The van der Waals surface area contributed by atoms with Crippen LogP contribution in [0.4, 0.5) is 13.2 Å². The van der Waals surface area contributed by atoms with Crippen molar-refractivity contribution in [2.45, 2.75) is 18.7 Å². The average Bonchev–Trinajstić information content (AvgIpc) is 2.38. The number of hydrogen-bond donors (Lipinski definition) is 1. The normalized spacial score (nSPS) is 13.2. The Morgan fingerprint density at radius 1 is 1.00 bits per heavy atom. The summed E-state index contributed by atoms with van der Waals surface area (Å²) in [5.41, 5.74) is 0.354. The van der Waals surface area contributed by atoms with Crippen LogP contribution in [0, 0.1) is 0 Å². The van der Waals surface area contributed by atoms with Gasteiger partial charge in [0.05, 0.1) is 11.7 Å². The quantitative estimate of drug-likeness (QED) is 0.808. The third-order valence-electron chi connectivity index (χ3n) is 3.03. The second-order valence-corrected chi connectivity index (χ2v) is 5.42. The number of benzene rings is 2. The smallest absolute Gasteiger partial charge is 0.388 e. The number of alkyl halides is 3. The van der Waals surface area contributed by atoms with Crippen molar-refractivity contribution in [2.24, 2.45) is 0 Å². The van der Waals surface area contributed by atoms with Crippen LogP contribution in [0.3, 0.4) is 0 Å². The van der Waals surface area contributed by atoms with E-state index in [9.17, 15) is 18.3 Å². The van der Waals surface area contributed by atoms with Crippen LogP contribution in [0.25, 0.3) is 0 Å². The highest BCUT2D eigenvalue weighted by atomic mass is 35.5. The van der Waals surface area contributed by atoms with Gasteiger partial charge in [0.15, 0.2) is 0 Å². The molecule has 0 aromatic heterocycles. The summed E-state index contributed by atoms with van der Waals surface area (Å²) in [6, 6.07) is 9.37. The average molecular weight is 335 g/mol. The van der Waals surface area contributed by atoms with Gasteiger partial charge < -0.3 is 5.11 Å². The zero-order chi connectivity index (χ0) is 15.6. The Morgan fingerprint density at radius 3 is 2.14 bits per heavy atom. The molecule has 1 atom stereocenters. The van der Waals surface area contributed by atoms with Crippen LogP contribution < -0.4 is 0 Å². The van der Waals surface area contributed by atoms with Crippen molar-refractivity contribution in [3.05, 3.63) is 69.2 Å². The molecular formula is C15H11Cl2F3O. The SMILES string of the molecule is OC(Cc1ccc(C(F)(F)F)cc1)c1ccc(Cl)cc1Cl. The van der Waals surface area contributed by atoms with Crippen molar-refractivity contribution in [1.29, 1.82) is 0 Å². The lowest BCUT2D eigenvalue weighted by Gasteiger charge is -2.14. The minimum absolute atomic E-state index is 0.166. The van der Waals surface area contributed by atoms with Crippen LogP contribution in [0.15, 0.2) is 42.5 Å². The Balaban J connectivity index is 2.14. The van der Waals surface area contributed by atoms with E-state index in [1.54, 1.807) is 12.1 Å². The zero-order valence-electron chi connectivity index (χ0n) is 10.7. The molecule has 2 rings (SSSR count). The fourth-order valence-electron chi connectivity index (χ4n) is 1.93. The summed E-state index contributed by atoms with van der Waals surface area (Å²) in [5.74, 6) is 0. The van der Waals surface area contributed by atoms with E-state index in [1.807, 2.05) is 0 Å². The molecule has 21 heavy (non-hydrogen) atoms. The van der Waals surface area contributed by atoms with Gasteiger partial charge in [-0.3, -0.25) is 0 Å². The second kappa shape index (κ2) is 6.26. The highest BCUT2D eigenvalue weighted by Gasteiger charge is 2.30. The summed E-state index contributed by atoms with van der Waals surface area (Å²) in [4.78, 5) is 0. The Morgan fingerprint density at radius 2 is 1.62 bits per heavy atom. The van der Waals surface area contributed by atoms with Crippen molar-refractivity contribution in [2.75, 3.05) is 0 Å². The summed E-state index contributed by atoms with van der Waals surface area (Å²) < 4.78 is 37.4. The first kappa shape index (κ1) is 16.1. The second-order valence-electron chi connectivity index (χ2n) is 4.58. The van der Waals surface area contributed by atoms with Gasteiger partial charge in [-0.15, -0.1) is 0 Å². The predicted octanol–water partition coefficient (Wildman–Crippen LogP) is 5.29. The number of hydrogen-bond acceptors (Lipinski definition) is 1. The van der Waals surface area contributed by atoms with Crippen LogP contribution in [0.1, 0.15) is 22.8 Å². The van der Waals surface area contributed by atoms with Crippen LogP contribution in [0.5, 0.6) is 0 Å². The number of halogens is 5. The van der Waals surface area contributed by atoms with E-state index < -0.39 is 17.8 Å². The molecule has 112 valence electrons. The van der Waals surface area contributed by atoms with Gasteiger partial charge in [-0.05, 0) is 35.4 Å². The molecule has 0 bridgehead atoms. The predicted molar refractivity (Wildman–Crippen MR) is 76.6 cm³/mol. The van der Waals surface area contributed by atoms with Crippen LogP contribution in [-0.4, -0.2) is 5.11 Å². The molecule has 0 fully saturated rings. The summed E-state index contributed by atoms with van der Waals surface area (Å²) in [6.45, 7) is 0. The molecule has 0 aliphatic carbocycles. The highest BCUT2D eigenvalue weighted by molar-refractivity contribution is 6.35.